The lowest BCUT2D eigenvalue weighted by molar-refractivity contribution is -0.131. The molecule has 0 heterocycles. The Morgan fingerprint density at radius 2 is 1.53 bits per heavy atom. The van der Waals surface area contributed by atoms with Crippen LogP contribution in [0.25, 0.3) is 0 Å². The molecule has 0 spiro atoms. The second-order valence-corrected chi connectivity index (χ2v) is 7.75. The number of carbonyl (C=O) groups excluding carboxylic acids is 1. The van der Waals surface area contributed by atoms with Gasteiger partial charge in [-0.25, -0.2) is 21.6 Å². The fraction of sp³-hybridized carbons (Fsp3) is 0.200. The maximum Gasteiger partial charge on any atom is 0.377 e. The number of sulfone groups is 2. The van der Waals surface area contributed by atoms with Crippen LogP contribution in [0.15, 0.2) is 28.0 Å². The number of ketones is 1. The van der Waals surface area contributed by atoms with E-state index < -0.39 is 46.8 Å². The molecule has 0 aliphatic carbocycles. The molecular formula is C10H10O7S2. The van der Waals surface area contributed by atoms with E-state index in [2.05, 4.69) is 0 Å². The van der Waals surface area contributed by atoms with Crippen molar-refractivity contribution >= 4 is 31.4 Å². The second kappa shape index (κ2) is 4.74. The number of Topliss-reactive ketones (excluding diaryl/α,β-unsaturated/α-hetero) is 1. The van der Waals surface area contributed by atoms with E-state index in [0.717, 1.165) is 24.5 Å². The lowest BCUT2D eigenvalue weighted by atomic mass is 10.1. The molecule has 0 saturated heterocycles. The van der Waals surface area contributed by atoms with E-state index >= 15 is 0 Å². The van der Waals surface area contributed by atoms with Crippen molar-refractivity contribution in [3.05, 3.63) is 23.8 Å². The lowest BCUT2D eigenvalue weighted by Gasteiger charge is -2.09. The lowest BCUT2D eigenvalue weighted by Crippen LogP contribution is -2.19. The van der Waals surface area contributed by atoms with Crippen LogP contribution in [0.5, 0.6) is 0 Å². The van der Waals surface area contributed by atoms with Crippen molar-refractivity contribution in [2.45, 2.75) is 9.79 Å². The molecule has 1 N–H and O–H groups in total. The van der Waals surface area contributed by atoms with Crippen LogP contribution < -0.4 is 0 Å². The van der Waals surface area contributed by atoms with Crippen LogP contribution in [-0.4, -0.2) is 46.2 Å². The van der Waals surface area contributed by atoms with Gasteiger partial charge in [-0.2, -0.15) is 0 Å². The molecule has 0 fully saturated rings. The second-order valence-electron chi connectivity index (χ2n) is 3.81. The highest BCUT2D eigenvalue weighted by atomic mass is 32.2. The van der Waals surface area contributed by atoms with Crippen molar-refractivity contribution < 1.29 is 31.5 Å². The third kappa shape index (κ3) is 3.18. The van der Waals surface area contributed by atoms with Gasteiger partial charge in [-0.05, 0) is 12.1 Å². The summed E-state index contributed by atoms with van der Waals surface area (Å²) in [5.41, 5.74) is -0.669. The topological polar surface area (TPSA) is 123 Å². The van der Waals surface area contributed by atoms with E-state index in [1.54, 1.807) is 0 Å². The summed E-state index contributed by atoms with van der Waals surface area (Å²) in [7, 11) is -8.01. The zero-order valence-corrected chi connectivity index (χ0v) is 11.6. The smallest absolute Gasteiger partial charge is 0.377 e. The van der Waals surface area contributed by atoms with Crippen molar-refractivity contribution in [3.8, 4) is 0 Å². The Hall–Kier alpha value is -1.74. The average Bonchev–Trinajstić information content (AvgIpc) is 2.24. The van der Waals surface area contributed by atoms with Crippen molar-refractivity contribution in [2.24, 2.45) is 0 Å². The fourth-order valence-corrected chi connectivity index (χ4v) is 4.16. The van der Waals surface area contributed by atoms with Crippen LogP contribution >= 0.6 is 0 Å². The molecule has 1 aromatic carbocycles. The molecule has 1 aromatic rings. The summed E-state index contributed by atoms with van der Waals surface area (Å²) < 4.78 is 46.3. The highest BCUT2D eigenvalue weighted by Crippen LogP contribution is 2.25. The summed E-state index contributed by atoms with van der Waals surface area (Å²) in [6, 6.07) is 3.08. The average molecular weight is 306 g/mol. The van der Waals surface area contributed by atoms with Gasteiger partial charge < -0.3 is 5.11 Å². The van der Waals surface area contributed by atoms with E-state index in [9.17, 15) is 26.4 Å². The maximum absolute atomic E-state index is 11.6. The van der Waals surface area contributed by atoms with Crippen LogP contribution in [0.1, 0.15) is 10.4 Å². The van der Waals surface area contributed by atoms with Gasteiger partial charge in [0, 0.05) is 18.1 Å². The van der Waals surface area contributed by atoms with Gasteiger partial charge in [-0.15, -0.1) is 0 Å². The number of carboxylic acid groups (broad SMARTS) is 1. The summed E-state index contributed by atoms with van der Waals surface area (Å²) in [5.74, 6) is -3.35. The fourth-order valence-electron chi connectivity index (χ4n) is 1.48. The molecule has 0 aromatic heterocycles. The highest BCUT2D eigenvalue weighted by Gasteiger charge is 2.29. The number of carboxylic acids is 1. The van der Waals surface area contributed by atoms with Gasteiger partial charge in [-0.3, -0.25) is 4.79 Å². The van der Waals surface area contributed by atoms with Crippen LogP contribution in [-0.2, 0) is 24.5 Å². The molecule has 0 aliphatic heterocycles. The Kier molecular flexibility index (Phi) is 3.82. The number of rotatable bonds is 4. The molecule has 0 atom stereocenters. The van der Waals surface area contributed by atoms with Gasteiger partial charge in [-0.1, -0.05) is 6.07 Å². The van der Waals surface area contributed by atoms with E-state index in [1.165, 1.54) is 0 Å². The predicted octanol–water partition coefficient (Wildman–Crippen LogP) is -0.239. The van der Waals surface area contributed by atoms with Gasteiger partial charge in [0.15, 0.2) is 19.7 Å². The Balaban J connectivity index is 3.89. The zero-order chi connectivity index (χ0) is 15.0. The number of carbonyl (C=O) groups is 2. The number of hydrogen-bond donors (Lipinski definition) is 1. The normalized spacial score (nSPS) is 12.1. The highest BCUT2D eigenvalue weighted by molar-refractivity contribution is 7.93. The zero-order valence-electron chi connectivity index (χ0n) is 9.95. The van der Waals surface area contributed by atoms with E-state index in [4.69, 9.17) is 5.11 Å². The molecule has 7 nitrogen and oxygen atoms in total. The molecule has 19 heavy (non-hydrogen) atoms. The van der Waals surface area contributed by atoms with Crippen LogP contribution in [0.2, 0.25) is 0 Å². The number of hydrogen-bond acceptors (Lipinski definition) is 6. The van der Waals surface area contributed by atoms with E-state index in [-0.39, 0.29) is 0 Å². The van der Waals surface area contributed by atoms with Gasteiger partial charge >= 0.3 is 5.97 Å². The van der Waals surface area contributed by atoms with Gasteiger partial charge in [0.1, 0.15) is 0 Å². The molecule has 0 unspecified atom stereocenters. The molecule has 0 amide bonds. The standard InChI is InChI=1S/C10H10O7S2/c1-18(14,15)7-5-3-4-6(8(11)10(12)13)9(7)19(2,16)17/h3-5H,1-2H3,(H,12,13). The molecular weight excluding hydrogens is 296 g/mol. The minimum Gasteiger partial charge on any atom is -0.475 e. The van der Waals surface area contributed by atoms with E-state index in [0.29, 0.717) is 6.26 Å². The first-order valence-corrected chi connectivity index (χ1v) is 8.55. The van der Waals surface area contributed by atoms with Crippen molar-refractivity contribution in [2.75, 3.05) is 12.5 Å². The van der Waals surface area contributed by atoms with Crippen LogP contribution in [0.4, 0.5) is 0 Å². The van der Waals surface area contributed by atoms with Crippen molar-refractivity contribution in [1.82, 2.24) is 0 Å². The van der Waals surface area contributed by atoms with Crippen LogP contribution in [0.3, 0.4) is 0 Å². The monoisotopic (exact) mass is 306 g/mol. The number of aliphatic carboxylic acids is 1. The largest absolute Gasteiger partial charge is 0.475 e. The summed E-state index contributed by atoms with van der Waals surface area (Å²) >= 11 is 0. The van der Waals surface area contributed by atoms with Crippen molar-refractivity contribution in [3.63, 3.8) is 0 Å². The van der Waals surface area contributed by atoms with Gasteiger partial charge in [0.25, 0.3) is 5.78 Å². The molecule has 0 saturated carbocycles. The Bertz CT molecular complexity index is 757. The summed E-state index contributed by atoms with van der Waals surface area (Å²) in [6.45, 7) is 0. The SMILES string of the molecule is CS(=O)(=O)c1cccc(C(=O)C(=O)O)c1S(C)(=O)=O. The Labute approximate surface area is 109 Å². The summed E-state index contributed by atoms with van der Waals surface area (Å²) in [5, 5.41) is 8.63. The molecule has 1 rings (SSSR count). The third-order valence-corrected chi connectivity index (χ3v) is 4.64. The van der Waals surface area contributed by atoms with Crippen molar-refractivity contribution in [1.29, 1.82) is 0 Å². The molecule has 0 radical (unpaired) electrons. The minimum absolute atomic E-state index is 0.595. The molecule has 0 aliphatic rings. The Morgan fingerprint density at radius 3 is 1.89 bits per heavy atom. The molecule has 104 valence electrons. The molecule has 9 heteroatoms. The summed E-state index contributed by atoms with van der Waals surface area (Å²) in [4.78, 5) is 20.7. The van der Waals surface area contributed by atoms with Gasteiger partial charge in [0.2, 0.25) is 0 Å². The predicted molar refractivity (Wildman–Crippen MR) is 64.6 cm³/mol. The molecule has 0 bridgehead atoms. The Morgan fingerprint density at radius 1 is 1.00 bits per heavy atom. The first-order chi connectivity index (χ1) is 8.46. The number of benzene rings is 1. The first-order valence-electron chi connectivity index (χ1n) is 4.77. The van der Waals surface area contributed by atoms with Gasteiger partial charge in [0.05, 0.1) is 9.79 Å². The third-order valence-electron chi connectivity index (χ3n) is 2.19. The maximum atomic E-state index is 11.6. The van der Waals surface area contributed by atoms with Crippen LogP contribution in [0, 0.1) is 0 Å². The van der Waals surface area contributed by atoms with E-state index in [1.807, 2.05) is 0 Å². The minimum atomic E-state index is -4.09. The first kappa shape index (κ1) is 15.3. The summed E-state index contributed by atoms with van der Waals surface area (Å²) in [6.07, 6.45) is 1.47. The quantitative estimate of drug-likeness (QED) is 0.601.